The molecule has 2 aromatic rings. The lowest BCUT2D eigenvalue weighted by Gasteiger charge is -2.34. The van der Waals surface area contributed by atoms with Crippen LogP contribution >= 0.6 is 81.2 Å². The summed E-state index contributed by atoms with van der Waals surface area (Å²) in [7, 11) is 1.43. The predicted octanol–water partition coefficient (Wildman–Crippen LogP) is 6.55. The van der Waals surface area contributed by atoms with E-state index in [-0.39, 0.29) is 27.0 Å². The second-order valence-electron chi connectivity index (χ2n) is 8.41. The van der Waals surface area contributed by atoms with Crippen molar-refractivity contribution in [1.29, 1.82) is 0 Å². The minimum absolute atomic E-state index is 0.00215. The number of hydrogen-bond acceptors (Lipinski definition) is 4. The van der Waals surface area contributed by atoms with Gasteiger partial charge in [0, 0.05) is 5.02 Å². The Morgan fingerprint density at radius 1 is 0.917 bits per heavy atom. The number of imide groups is 1. The Bertz CT molecular complexity index is 1350. The van der Waals surface area contributed by atoms with Crippen LogP contribution in [0.5, 0.6) is 5.75 Å². The van der Waals surface area contributed by atoms with Crippen molar-refractivity contribution in [3.8, 4) is 5.75 Å². The molecule has 0 spiro atoms. The lowest BCUT2D eigenvalue weighted by molar-refractivity contribution is -0.123. The SMILES string of the molecule is COc1ccc(Cl)cc1NC(=O)c1ccccc1N1C(=O)[C@@H]2[C@@H](C1=O)[C@@]1(Cl)C(Cl)=C(Cl)[C@@]2(Cl)C1(Cl)Cl. The van der Waals surface area contributed by atoms with Crippen LogP contribution in [0.25, 0.3) is 0 Å². The van der Waals surface area contributed by atoms with Gasteiger partial charge in [0.2, 0.25) is 11.8 Å². The summed E-state index contributed by atoms with van der Waals surface area (Å²) in [6.07, 6.45) is 0. The standard InChI is InChI=1S/C23H13Cl7N2O4/c1-36-13-7-6-9(24)8-11(13)31-18(33)10-4-2-3-5-12(10)32-19(34)14-15(20(32)35)22(28)17(26)16(25)21(14,27)23(22,29)30/h2-8,14-15H,1H3,(H,31,33)/t14-,15-,21+,22+/m0/s1. The summed E-state index contributed by atoms with van der Waals surface area (Å²) in [5, 5.41) is 2.65. The van der Waals surface area contributed by atoms with Gasteiger partial charge >= 0.3 is 0 Å². The van der Waals surface area contributed by atoms with E-state index in [1.165, 1.54) is 25.3 Å². The number of nitrogens with zero attached hydrogens (tertiary/aromatic N) is 1. The van der Waals surface area contributed by atoms with E-state index in [9.17, 15) is 14.4 Å². The third-order valence-electron chi connectivity index (χ3n) is 6.71. The van der Waals surface area contributed by atoms with Crippen LogP contribution in [0.4, 0.5) is 11.4 Å². The van der Waals surface area contributed by atoms with Crippen LogP contribution in [0.15, 0.2) is 52.5 Å². The minimum atomic E-state index is -2.05. The van der Waals surface area contributed by atoms with E-state index in [2.05, 4.69) is 5.32 Å². The van der Waals surface area contributed by atoms with Crippen molar-refractivity contribution in [2.24, 2.45) is 11.8 Å². The van der Waals surface area contributed by atoms with Gasteiger partial charge in [-0.25, -0.2) is 4.90 Å². The maximum Gasteiger partial charge on any atom is 0.257 e. The zero-order valence-corrected chi connectivity index (χ0v) is 23.2. The maximum absolute atomic E-state index is 13.7. The van der Waals surface area contributed by atoms with Crippen molar-refractivity contribution < 1.29 is 19.1 Å². The molecule has 13 heteroatoms. The first kappa shape index (κ1) is 26.2. The maximum atomic E-state index is 13.7. The van der Waals surface area contributed by atoms with E-state index >= 15 is 0 Å². The van der Waals surface area contributed by atoms with Crippen molar-refractivity contribution in [3.63, 3.8) is 0 Å². The molecule has 0 unspecified atom stereocenters. The molecular formula is C23H13Cl7N2O4. The average Bonchev–Trinajstić information content (AvgIpc) is 3.22. The second kappa shape index (κ2) is 8.57. The van der Waals surface area contributed by atoms with Crippen LogP contribution in [0, 0.1) is 11.8 Å². The van der Waals surface area contributed by atoms with Crippen molar-refractivity contribution >= 4 is 110 Å². The smallest absolute Gasteiger partial charge is 0.257 e. The first-order chi connectivity index (χ1) is 16.8. The Morgan fingerprint density at radius 3 is 2.03 bits per heavy atom. The number of ether oxygens (including phenoxy) is 1. The second-order valence-corrected chi connectivity index (χ2v) is 12.1. The first-order valence-electron chi connectivity index (χ1n) is 10.3. The molecule has 1 saturated carbocycles. The van der Waals surface area contributed by atoms with Crippen molar-refractivity contribution in [1.82, 2.24) is 0 Å². The quantitative estimate of drug-likeness (QED) is 0.308. The Kier molecular flexibility index (Phi) is 6.24. The van der Waals surface area contributed by atoms with Crippen LogP contribution in [0.1, 0.15) is 10.4 Å². The largest absolute Gasteiger partial charge is 0.495 e. The summed E-state index contributed by atoms with van der Waals surface area (Å²) in [6.45, 7) is 0. The molecule has 2 bridgehead atoms. The molecule has 3 amide bonds. The van der Waals surface area contributed by atoms with Crippen molar-refractivity contribution in [2.45, 2.75) is 14.1 Å². The minimum Gasteiger partial charge on any atom is -0.495 e. The zero-order chi connectivity index (χ0) is 26.4. The average molecular weight is 630 g/mol. The molecular weight excluding hydrogens is 616 g/mol. The first-order valence-corrected chi connectivity index (χ1v) is 12.9. The molecule has 1 aliphatic heterocycles. The number of fused-ring (bicyclic) bond motifs is 5. The van der Waals surface area contributed by atoms with Gasteiger partial charge in [0.1, 0.15) is 15.5 Å². The third kappa shape index (κ3) is 3.10. The van der Waals surface area contributed by atoms with Gasteiger partial charge in [0.05, 0.1) is 45.9 Å². The number of methoxy groups -OCH3 is 1. The molecule has 0 aromatic heterocycles. The van der Waals surface area contributed by atoms with Crippen LogP contribution in [0.3, 0.4) is 0 Å². The monoisotopic (exact) mass is 626 g/mol. The van der Waals surface area contributed by atoms with Gasteiger partial charge < -0.3 is 10.1 Å². The molecule has 6 nitrogen and oxygen atoms in total. The highest BCUT2D eigenvalue weighted by Gasteiger charge is 2.87. The summed E-state index contributed by atoms with van der Waals surface area (Å²) in [5.74, 6) is -4.45. The molecule has 0 radical (unpaired) electrons. The van der Waals surface area contributed by atoms with Crippen LogP contribution in [0.2, 0.25) is 5.02 Å². The van der Waals surface area contributed by atoms with E-state index < -0.39 is 43.6 Å². The lowest BCUT2D eigenvalue weighted by atomic mass is 9.84. The number of alkyl halides is 4. The number of para-hydroxylation sites is 1. The highest BCUT2D eigenvalue weighted by Crippen LogP contribution is 2.77. The number of halogens is 7. The predicted molar refractivity (Wildman–Crippen MR) is 142 cm³/mol. The highest BCUT2D eigenvalue weighted by molar-refractivity contribution is 6.67. The summed E-state index contributed by atoms with van der Waals surface area (Å²) in [5.41, 5.74) is 0.298. The Labute approximate surface area is 240 Å². The summed E-state index contributed by atoms with van der Waals surface area (Å²) >= 11 is 45.4. The number of allylic oxidation sites excluding steroid dienone is 2. The fourth-order valence-electron chi connectivity index (χ4n) is 5.06. The molecule has 2 aromatic carbocycles. The van der Waals surface area contributed by atoms with Gasteiger partial charge in [-0.15, -0.1) is 23.2 Å². The summed E-state index contributed by atoms with van der Waals surface area (Å²) in [4.78, 5) is 37.7. The van der Waals surface area contributed by atoms with E-state index in [1.807, 2.05) is 0 Å². The molecule has 188 valence electrons. The number of rotatable bonds is 4. The summed E-state index contributed by atoms with van der Waals surface area (Å²) in [6, 6.07) is 10.7. The van der Waals surface area contributed by atoms with E-state index in [0.29, 0.717) is 10.8 Å². The zero-order valence-electron chi connectivity index (χ0n) is 17.9. The van der Waals surface area contributed by atoms with E-state index in [0.717, 1.165) is 4.90 Å². The van der Waals surface area contributed by atoms with Gasteiger partial charge in [-0.3, -0.25) is 14.4 Å². The van der Waals surface area contributed by atoms with Crippen LogP contribution in [-0.2, 0) is 9.59 Å². The number of amides is 3. The number of hydrogen-bond donors (Lipinski definition) is 1. The van der Waals surface area contributed by atoms with E-state index in [1.54, 1.807) is 24.3 Å². The normalized spacial score (nSPS) is 30.2. The number of carbonyl (C=O) groups excluding carboxylic acids is 3. The fourth-order valence-corrected chi connectivity index (χ4v) is 8.16. The van der Waals surface area contributed by atoms with Crippen molar-refractivity contribution in [3.05, 3.63) is 63.1 Å². The molecule has 1 saturated heterocycles. The van der Waals surface area contributed by atoms with Gasteiger partial charge in [-0.05, 0) is 30.3 Å². The number of nitrogens with one attached hydrogen (secondary N) is 1. The molecule has 36 heavy (non-hydrogen) atoms. The topological polar surface area (TPSA) is 75.7 Å². The molecule has 1 heterocycles. The lowest BCUT2D eigenvalue weighted by Crippen LogP contribution is -2.50. The number of benzene rings is 2. The molecule has 2 fully saturated rings. The molecule has 3 aliphatic rings. The van der Waals surface area contributed by atoms with Gasteiger partial charge in [-0.1, -0.05) is 70.1 Å². The van der Waals surface area contributed by atoms with E-state index in [4.69, 9.17) is 85.9 Å². The number of carbonyl (C=O) groups is 3. The van der Waals surface area contributed by atoms with Gasteiger partial charge in [0.25, 0.3) is 5.91 Å². The Balaban J connectivity index is 1.57. The molecule has 2 aliphatic carbocycles. The van der Waals surface area contributed by atoms with Gasteiger partial charge in [0.15, 0.2) is 4.33 Å². The highest BCUT2D eigenvalue weighted by atomic mass is 35.5. The fraction of sp³-hybridized carbons (Fsp3) is 0.261. The van der Waals surface area contributed by atoms with Crippen LogP contribution in [-0.4, -0.2) is 38.9 Å². The molecule has 1 N–H and O–H groups in total. The van der Waals surface area contributed by atoms with Crippen LogP contribution < -0.4 is 15.0 Å². The molecule has 5 rings (SSSR count). The summed E-state index contributed by atoms with van der Waals surface area (Å²) < 4.78 is 3.22. The Hall–Kier alpha value is -1.38. The molecule has 4 atom stereocenters. The Morgan fingerprint density at radius 2 is 1.47 bits per heavy atom. The van der Waals surface area contributed by atoms with Crippen molar-refractivity contribution in [2.75, 3.05) is 17.3 Å². The van der Waals surface area contributed by atoms with Gasteiger partial charge in [-0.2, -0.15) is 0 Å². The number of anilines is 2. The third-order valence-corrected chi connectivity index (χ3v) is 11.2.